The Kier molecular flexibility index (Phi) is 6.82. The number of benzene rings is 2. The highest BCUT2D eigenvalue weighted by molar-refractivity contribution is 7.99. The van der Waals surface area contributed by atoms with Crippen molar-refractivity contribution in [2.24, 2.45) is 0 Å². The third-order valence-corrected chi connectivity index (χ3v) is 5.14. The second-order valence-corrected chi connectivity index (χ2v) is 7.68. The monoisotopic (exact) mass is 393 g/mol. The van der Waals surface area contributed by atoms with Crippen LogP contribution in [-0.4, -0.2) is 34.9 Å². The van der Waals surface area contributed by atoms with Gasteiger partial charge in [0.05, 0.1) is 0 Å². The molecule has 26 heavy (non-hydrogen) atoms. The zero-order valence-electron chi connectivity index (χ0n) is 14.2. The summed E-state index contributed by atoms with van der Waals surface area (Å²) in [6.45, 7) is 2.93. The predicted molar refractivity (Wildman–Crippen MR) is 108 cm³/mol. The van der Waals surface area contributed by atoms with E-state index in [0.29, 0.717) is 27.8 Å². The Morgan fingerprint density at radius 2 is 1.88 bits per heavy atom. The van der Waals surface area contributed by atoms with Crippen molar-refractivity contribution in [2.75, 3.05) is 18.4 Å². The summed E-state index contributed by atoms with van der Waals surface area (Å²) in [6, 6.07) is 17.6. The molecule has 0 bridgehead atoms. The van der Waals surface area contributed by atoms with Crippen molar-refractivity contribution in [2.45, 2.75) is 29.7 Å². The minimum Gasteiger partial charge on any atom is -0.358 e. The maximum atomic E-state index is 12.3. The van der Waals surface area contributed by atoms with E-state index in [1.54, 1.807) is 24.3 Å². The summed E-state index contributed by atoms with van der Waals surface area (Å²) in [5.41, 5.74) is 2.11. The van der Waals surface area contributed by atoms with Gasteiger partial charge in [-0.2, -0.15) is 8.78 Å². The molecule has 0 saturated carbocycles. The number of anilines is 1. The van der Waals surface area contributed by atoms with Gasteiger partial charge in [-0.05, 0) is 48.5 Å². The van der Waals surface area contributed by atoms with E-state index in [0.717, 1.165) is 31.7 Å². The summed E-state index contributed by atoms with van der Waals surface area (Å²) in [5, 5.41) is 7.02. The average molecular weight is 394 g/mol. The Morgan fingerprint density at radius 3 is 2.58 bits per heavy atom. The van der Waals surface area contributed by atoms with Gasteiger partial charge in [-0.15, -0.1) is 0 Å². The van der Waals surface area contributed by atoms with Crippen LogP contribution in [0.2, 0.25) is 0 Å². The smallest absolute Gasteiger partial charge is 0.288 e. The lowest BCUT2D eigenvalue weighted by atomic mass is 10.2. The van der Waals surface area contributed by atoms with Crippen LogP contribution in [0.25, 0.3) is 0 Å². The normalized spacial score (nSPS) is 17.4. The van der Waals surface area contributed by atoms with E-state index < -0.39 is 5.76 Å². The van der Waals surface area contributed by atoms with E-state index in [2.05, 4.69) is 39.8 Å². The fraction of sp³-hybridized carbons (Fsp3) is 0.316. The van der Waals surface area contributed by atoms with Gasteiger partial charge in [0.15, 0.2) is 5.11 Å². The Balaban J connectivity index is 1.44. The molecule has 2 N–H and O–H groups in total. The molecule has 1 aliphatic rings. The maximum absolute atomic E-state index is 12.3. The number of alkyl halides is 2. The minimum atomic E-state index is -2.40. The first-order chi connectivity index (χ1) is 12.6. The molecule has 0 amide bonds. The third-order valence-electron chi connectivity index (χ3n) is 4.19. The molecule has 138 valence electrons. The summed E-state index contributed by atoms with van der Waals surface area (Å²) in [5.74, 6) is -2.40. The topological polar surface area (TPSA) is 27.3 Å². The average Bonchev–Trinajstić information content (AvgIpc) is 3.04. The van der Waals surface area contributed by atoms with Crippen molar-refractivity contribution < 1.29 is 8.78 Å². The van der Waals surface area contributed by atoms with E-state index in [1.165, 1.54) is 5.56 Å². The third kappa shape index (κ3) is 5.93. The van der Waals surface area contributed by atoms with E-state index in [-0.39, 0.29) is 0 Å². The molecule has 0 aliphatic carbocycles. The van der Waals surface area contributed by atoms with Crippen LogP contribution in [0.3, 0.4) is 0 Å². The first-order valence-corrected chi connectivity index (χ1v) is 9.76. The number of thioether (sulfide) groups is 1. The molecule has 1 saturated heterocycles. The highest BCUT2D eigenvalue weighted by Crippen LogP contribution is 2.26. The second-order valence-electron chi connectivity index (χ2n) is 6.21. The Morgan fingerprint density at radius 1 is 1.15 bits per heavy atom. The van der Waals surface area contributed by atoms with Crippen LogP contribution >= 0.6 is 24.0 Å². The van der Waals surface area contributed by atoms with Gasteiger partial charge in [-0.1, -0.05) is 42.1 Å². The lowest BCUT2D eigenvalue weighted by molar-refractivity contribution is 0.252. The Labute approximate surface area is 162 Å². The van der Waals surface area contributed by atoms with Gasteiger partial charge in [-0.25, -0.2) is 0 Å². The lowest BCUT2D eigenvalue weighted by Crippen LogP contribution is -2.39. The summed E-state index contributed by atoms with van der Waals surface area (Å²) < 4.78 is 24.7. The number of nitrogens with one attached hydrogen (secondary N) is 2. The Bertz CT molecular complexity index is 710. The summed E-state index contributed by atoms with van der Waals surface area (Å²) in [4.78, 5) is 2.95. The number of rotatable bonds is 6. The van der Waals surface area contributed by atoms with Crippen molar-refractivity contribution >= 4 is 34.8 Å². The first kappa shape index (κ1) is 19.1. The fourth-order valence-corrected chi connectivity index (χ4v) is 3.79. The van der Waals surface area contributed by atoms with Crippen LogP contribution in [0.4, 0.5) is 14.5 Å². The van der Waals surface area contributed by atoms with Crippen LogP contribution in [0.1, 0.15) is 12.0 Å². The van der Waals surface area contributed by atoms with Crippen LogP contribution in [0.15, 0.2) is 59.5 Å². The number of thiocarbonyl (C=S) groups is 1. The molecule has 7 heteroatoms. The van der Waals surface area contributed by atoms with Crippen LogP contribution in [-0.2, 0) is 6.54 Å². The van der Waals surface area contributed by atoms with Gasteiger partial charge >= 0.3 is 0 Å². The molecular weight excluding hydrogens is 372 g/mol. The SMILES string of the molecule is FC(F)Sc1ccc(NC(=S)N[C@H]2CCN(Cc3ccccc3)C2)cc1. The molecule has 2 aromatic carbocycles. The van der Waals surface area contributed by atoms with Crippen LogP contribution < -0.4 is 10.6 Å². The van der Waals surface area contributed by atoms with Crippen LogP contribution in [0, 0.1) is 0 Å². The molecule has 3 rings (SSSR count). The lowest BCUT2D eigenvalue weighted by Gasteiger charge is -2.18. The molecule has 0 spiro atoms. The number of nitrogens with zero attached hydrogens (tertiary/aromatic N) is 1. The molecule has 1 atom stereocenters. The zero-order chi connectivity index (χ0) is 18.4. The molecular formula is C19H21F2N3S2. The molecule has 1 fully saturated rings. The van der Waals surface area contributed by atoms with Gasteiger partial charge in [0, 0.05) is 36.3 Å². The Hall–Kier alpha value is -1.70. The number of likely N-dealkylation sites (tertiary alicyclic amines) is 1. The molecule has 3 nitrogen and oxygen atoms in total. The summed E-state index contributed by atoms with van der Waals surface area (Å²) in [6.07, 6.45) is 1.04. The highest BCUT2D eigenvalue weighted by atomic mass is 32.2. The van der Waals surface area contributed by atoms with Crippen molar-refractivity contribution in [3.05, 3.63) is 60.2 Å². The number of hydrogen-bond acceptors (Lipinski definition) is 3. The van der Waals surface area contributed by atoms with Crippen molar-refractivity contribution in [3.63, 3.8) is 0 Å². The number of halogens is 2. The highest BCUT2D eigenvalue weighted by Gasteiger charge is 2.22. The van der Waals surface area contributed by atoms with E-state index in [1.807, 2.05) is 6.07 Å². The summed E-state index contributed by atoms with van der Waals surface area (Å²) >= 11 is 5.92. The van der Waals surface area contributed by atoms with Gasteiger partial charge in [0.1, 0.15) is 0 Å². The van der Waals surface area contributed by atoms with Crippen molar-refractivity contribution in [3.8, 4) is 0 Å². The largest absolute Gasteiger partial charge is 0.358 e. The molecule has 1 heterocycles. The standard InChI is InChI=1S/C19H21F2N3S2/c20-18(21)26-17-8-6-15(7-9-17)22-19(25)23-16-10-11-24(13-16)12-14-4-2-1-3-5-14/h1-9,16,18H,10-13H2,(H2,22,23,25)/t16-/m0/s1. The van der Waals surface area contributed by atoms with Gasteiger partial charge in [0.2, 0.25) is 0 Å². The second kappa shape index (κ2) is 9.30. The van der Waals surface area contributed by atoms with E-state index in [4.69, 9.17) is 12.2 Å². The van der Waals surface area contributed by atoms with Gasteiger partial charge in [-0.3, -0.25) is 4.90 Å². The molecule has 0 radical (unpaired) electrons. The maximum Gasteiger partial charge on any atom is 0.288 e. The minimum absolute atomic E-state index is 0.312. The molecule has 2 aromatic rings. The van der Waals surface area contributed by atoms with E-state index >= 15 is 0 Å². The fourth-order valence-electron chi connectivity index (χ4n) is 3.01. The van der Waals surface area contributed by atoms with Crippen LogP contribution in [0.5, 0.6) is 0 Å². The number of hydrogen-bond donors (Lipinski definition) is 2. The van der Waals surface area contributed by atoms with Gasteiger partial charge in [0.25, 0.3) is 5.76 Å². The quantitative estimate of drug-likeness (QED) is 0.554. The van der Waals surface area contributed by atoms with Crippen molar-refractivity contribution in [1.82, 2.24) is 10.2 Å². The first-order valence-electron chi connectivity index (χ1n) is 8.47. The van der Waals surface area contributed by atoms with Gasteiger partial charge < -0.3 is 10.6 Å². The van der Waals surface area contributed by atoms with E-state index in [9.17, 15) is 8.78 Å². The zero-order valence-corrected chi connectivity index (χ0v) is 15.8. The van der Waals surface area contributed by atoms with Crippen molar-refractivity contribution in [1.29, 1.82) is 0 Å². The molecule has 0 unspecified atom stereocenters. The molecule has 0 aromatic heterocycles. The summed E-state index contributed by atoms with van der Waals surface area (Å²) in [7, 11) is 0. The molecule has 1 aliphatic heterocycles. The predicted octanol–water partition coefficient (Wildman–Crippen LogP) is 4.56.